The molecule has 0 unspecified atom stereocenters. The number of hydrogen-bond donors (Lipinski definition) is 1. The van der Waals surface area contributed by atoms with Crippen molar-refractivity contribution in [3.63, 3.8) is 0 Å². The summed E-state index contributed by atoms with van der Waals surface area (Å²) >= 11 is 0. The van der Waals surface area contributed by atoms with E-state index in [9.17, 15) is 0 Å². The predicted octanol–water partition coefficient (Wildman–Crippen LogP) is 2.11. The first kappa shape index (κ1) is 12.9. The fourth-order valence-electron chi connectivity index (χ4n) is 1.67. The maximum absolute atomic E-state index is 3.67. The minimum atomic E-state index is 0.385. The molecule has 0 fully saturated rings. The van der Waals surface area contributed by atoms with Crippen LogP contribution >= 0.6 is 0 Å². The lowest BCUT2D eigenvalue weighted by atomic mass is 9.90. The second-order valence-corrected chi connectivity index (χ2v) is 4.07. The molecule has 0 saturated heterocycles. The van der Waals surface area contributed by atoms with Gasteiger partial charge in [0, 0.05) is 18.6 Å². The van der Waals surface area contributed by atoms with E-state index in [0.717, 1.165) is 13.1 Å². The summed E-state index contributed by atoms with van der Waals surface area (Å²) in [6, 6.07) is 0. The largest absolute Gasteiger partial charge is 0.310 e. The Morgan fingerprint density at radius 2 is 1.46 bits per heavy atom. The van der Waals surface area contributed by atoms with Crippen molar-refractivity contribution in [2.24, 2.45) is 0 Å². The standard InChI is InChI=1S/C11H26N2/c1-6-11(7-2,8-3)12-9-10-13(4)5/h12H,6-10H2,1-5H3. The number of nitrogens with one attached hydrogen (secondary N) is 1. The van der Waals surface area contributed by atoms with E-state index < -0.39 is 0 Å². The van der Waals surface area contributed by atoms with E-state index in [1.165, 1.54) is 19.3 Å². The fraction of sp³-hybridized carbons (Fsp3) is 1.00. The molecule has 0 heterocycles. The van der Waals surface area contributed by atoms with E-state index in [-0.39, 0.29) is 0 Å². The number of nitrogens with zero attached hydrogens (tertiary/aromatic N) is 1. The van der Waals surface area contributed by atoms with Gasteiger partial charge in [-0.2, -0.15) is 0 Å². The van der Waals surface area contributed by atoms with Crippen LogP contribution in [0.25, 0.3) is 0 Å². The van der Waals surface area contributed by atoms with Gasteiger partial charge in [-0.3, -0.25) is 0 Å². The van der Waals surface area contributed by atoms with Crippen molar-refractivity contribution in [1.82, 2.24) is 10.2 Å². The third-order valence-electron chi connectivity index (χ3n) is 3.09. The highest BCUT2D eigenvalue weighted by atomic mass is 15.1. The quantitative estimate of drug-likeness (QED) is 0.655. The van der Waals surface area contributed by atoms with Crippen LogP contribution in [0.1, 0.15) is 40.0 Å². The molecule has 0 rings (SSSR count). The van der Waals surface area contributed by atoms with Crippen LogP contribution in [0.3, 0.4) is 0 Å². The maximum Gasteiger partial charge on any atom is 0.0174 e. The van der Waals surface area contributed by atoms with Crippen molar-refractivity contribution >= 4 is 0 Å². The first-order valence-electron chi connectivity index (χ1n) is 5.50. The van der Waals surface area contributed by atoms with Crippen molar-refractivity contribution in [2.45, 2.75) is 45.6 Å². The molecule has 2 nitrogen and oxygen atoms in total. The lowest BCUT2D eigenvalue weighted by molar-refractivity contribution is 0.273. The Kier molecular flexibility index (Phi) is 6.35. The molecule has 0 atom stereocenters. The summed E-state index contributed by atoms with van der Waals surface area (Å²) in [5.41, 5.74) is 0.385. The van der Waals surface area contributed by atoms with Gasteiger partial charge in [0.1, 0.15) is 0 Å². The highest BCUT2D eigenvalue weighted by molar-refractivity contribution is 4.83. The van der Waals surface area contributed by atoms with Crippen LogP contribution < -0.4 is 5.32 Å². The van der Waals surface area contributed by atoms with Gasteiger partial charge in [-0.15, -0.1) is 0 Å². The normalized spacial score (nSPS) is 12.5. The molecule has 0 aliphatic rings. The van der Waals surface area contributed by atoms with Gasteiger partial charge in [0.05, 0.1) is 0 Å². The molecule has 0 aliphatic carbocycles. The maximum atomic E-state index is 3.67. The summed E-state index contributed by atoms with van der Waals surface area (Å²) < 4.78 is 0. The van der Waals surface area contributed by atoms with Crippen molar-refractivity contribution in [3.8, 4) is 0 Å². The number of likely N-dealkylation sites (N-methyl/N-ethyl adjacent to an activating group) is 1. The molecule has 2 heteroatoms. The number of rotatable bonds is 7. The molecule has 0 amide bonds. The van der Waals surface area contributed by atoms with Crippen LogP contribution in [0, 0.1) is 0 Å². The van der Waals surface area contributed by atoms with Gasteiger partial charge < -0.3 is 10.2 Å². The minimum absolute atomic E-state index is 0.385. The van der Waals surface area contributed by atoms with E-state index in [0.29, 0.717) is 5.54 Å². The number of hydrogen-bond acceptors (Lipinski definition) is 2. The molecule has 0 spiro atoms. The monoisotopic (exact) mass is 186 g/mol. The average molecular weight is 186 g/mol. The molecular weight excluding hydrogens is 160 g/mol. The van der Waals surface area contributed by atoms with Gasteiger partial charge in [-0.1, -0.05) is 20.8 Å². The minimum Gasteiger partial charge on any atom is -0.310 e. The predicted molar refractivity (Wildman–Crippen MR) is 60.2 cm³/mol. The second kappa shape index (κ2) is 6.39. The van der Waals surface area contributed by atoms with Gasteiger partial charge in [0.25, 0.3) is 0 Å². The molecule has 0 radical (unpaired) electrons. The third-order valence-corrected chi connectivity index (χ3v) is 3.09. The highest BCUT2D eigenvalue weighted by Crippen LogP contribution is 2.18. The Morgan fingerprint density at radius 1 is 1.00 bits per heavy atom. The molecule has 1 N–H and O–H groups in total. The van der Waals surface area contributed by atoms with Crippen LogP contribution in [0.4, 0.5) is 0 Å². The summed E-state index contributed by atoms with van der Waals surface area (Å²) in [5, 5.41) is 3.67. The van der Waals surface area contributed by atoms with Crippen molar-refractivity contribution in [3.05, 3.63) is 0 Å². The average Bonchev–Trinajstić information content (AvgIpc) is 2.13. The lowest BCUT2D eigenvalue weighted by Crippen LogP contribution is -2.46. The third kappa shape index (κ3) is 4.63. The zero-order valence-electron chi connectivity index (χ0n) is 9.98. The molecule has 80 valence electrons. The summed E-state index contributed by atoms with van der Waals surface area (Å²) in [5.74, 6) is 0. The van der Waals surface area contributed by atoms with Crippen LogP contribution in [0.15, 0.2) is 0 Å². The molecular formula is C11H26N2. The van der Waals surface area contributed by atoms with Gasteiger partial charge in [0.2, 0.25) is 0 Å². The highest BCUT2D eigenvalue weighted by Gasteiger charge is 2.21. The molecule has 13 heavy (non-hydrogen) atoms. The molecule has 0 aromatic carbocycles. The molecule has 0 saturated carbocycles. The Morgan fingerprint density at radius 3 is 1.77 bits per heavy atom. The SMILES string of the molecule is CCC(CC)(CC)NCCN(C)C. The van der Waals surface area contributed by atoms with E-state index in [1.54, 1.807) is 0 Å². The molecule has 0 aromatic rings. The van der Waals surface area contributed by atoms with Gasteiger partial charge in [0.15, 0.2) is 0 Å². The Labute approximate surface area is 83.7 Å². The van der Waals surface area contributed by atoms with E-state index >= 15 is 0 Å². The Bertz CT molecular complexity index is 109. The Balaban J connectivity index is 3.81. The summed E-state index contributed by atoms with van der Waals surface area (Å²) in [4.78, 5) is 2.22. The first-order valence-corrected chi connectivity index (χ1v) is 5.50. The van der Waals surface area contributed by atoms with Crippen molar-refractivity contribution in [2.75, 3.05) is 27.2 Å². The Hall–Kier alpha value is -0.0800. The summed E-state index contributed by atoms with van der Waals surface area (Å²) in [6.45, 7) is 9.05. The topological polar surface area (TPSA) is 15.3 Å². The molecule has 0 aromatic heterocycles. The van der Waals surface area contributed by atoms with Crippen LogP contribution in [-0.2, 0) is 0 Å². The second-order valence-electron chi connectivity index (χ2n) is 4.07. The lowest BCUT2D eigenvalue weighted by Gasteiger charge is -2.32. The van der Waals surface area contributed by atoms with Crippen LogP contribution in [0.5, 0.6) is 0 Å². The van der Waals surface area contributed by atoms with E-state index in [2.05, 4.69) is 45.1 Å². The van der Waals surface area contributed by atoms with Crippen molar-refractivity contribution in [1.29, 1.82) is 0 Å². The smallest absolute Gasteiger partial charge is 0.0174 e. The van der Waals surface area contributed by atoms with E-state index in [1.807, 2.05) is 0 Å². The fourth-order valence-corrected chi connectivity index (χ4v) is 1.67. The van der Waals surface area contributed by atoms with Gasteiger partial charge >= 0.3 is 0 Å². The summed E-state index contributed by atoms with van der Waals surface area (Å²) in [7, 11) is 4.24. The van der Waals surface area contributed by atoms with Crippen LogP contribution in [-0.4, -0.2) is 37.6 Å². The zero-order chi connectivity index (χ0) is 10.3. The molecule has 0 bridgehead atoms. The van der Waals surface area contributed by atoms with Crippen molar-refractivity contribution < 1.29 is 0 Å². The zero-order valence-corrected chi connectivity index (χ0v) is 9.98. The molecule has 0 aliphatic heterocycles. The van der Waals surface area contributed by atoms with E-state index in [4.69, 9.17) is 0 Å². The first-order chi connectivity index (χ1) is 6.10. The van der Waals surface area contributed by atoms with Gasteiger partial charge in [-0.25, -0.2) is 0 Å². The van der Waals surface area contributed by atoms with Crippen LogP contribution in [0.2, 0.25) is 0 Å². The van der Waals surface area contributed by atoms with Gasteiger partial charge in [-0.05, 0) is 33.4 Å². The summed E-state index contributed by atoms with van der Waals surface area (Å²) in [6.07, 6.45) is 3.69.